The van der Waals surface area contributed by atoms with Crippen LogP contribution in [0.2, 0.25) is 0 Å². The van der Waals surface area contributed by atoms with Crippen LogP contribution < -0.4 is 5.32 Å². The molecule has 1 N–H and O–H groups in total. The zero-order valence-corrected chi connectivity index (χ0v) is 12.7. The van der Waals surface area contributed by atoms with Gasteiger partial charge in [-0.25, -0.2) is 0 Å². The molecule has 2 aromatic rings. The summed E-state index contributed by atoms with van der Waals surface area (Å²) in [4.78, 5) is 11.9. The number of anilines is 1. The lowest BCUT2D eigenvalue weighted by Crippen LogP contribution is -2.20. The predicted molar refractivity (Wildman–Crippen MR) is 75.9 cm³/mol. The number of hydrogen-bond donors (Lipinski definition) is 1. The van der Waals surface area contributed by atoms with Crippen LogP contribution in [-0.4, -0.2) is 25.5 Å². The van der Waals surface area contributed by atoms with E-state index in [1.54, 1.807) is 16.9 Å². The molecule has 0 fully saturated rings. The van der Waals surface area contributed by atoms with E-state index in [9.17, 15) is 4.79 Å². The van der Waals surface area contributed by atoms with Gasteiger partial charge >= 0.3 is 0 Å². The third-order valence-electron chi connectivity index (χ3n) is 2.73. The molecule has 2 aromatic heterocycles. The van der Waals surface area contributed by atoms with Crippen molar-refractivity contribution in [3.05, 3.63) is 28.1 Å². The molecule has 0 aliphatic carbocycles. The first-order valence-corrected chi connectivity index (χ1v) is 6.70. The molecule has 8 heteroatoms. The maximum absolute atomic E-state index is 11.9. The van der Waals surface area contributed by atoms with Gasteiger partial charge in [-0.05, 0) is 29.8 Å². The number of carbonyl (C=O) groups excluding carboxylic acids is 1. The van der Waals surface area contributed by atoms with Crippen LogP contribution in [0.15, 0.2) is 16.7 Å². The SMILES string of the molecule is Cc1nn(CC(=O)Nc2ccn(CC#N)n2)c(C)c1Br. The molecule has 0 radical (unpaired) electrons. The number of nitrogens with one attached hydrogen (secondary N) is 1. The molecule has 0 aliphatic rings. The van der Waals surface area contributed by atoms with Crippen LogP contribution in [-0.2, 0) is 17.9 Å². The van der Waals surface area contributed by atoms with Crippen molar-refractivity contribution in [1.82, 2.24) is 19.6 Å². The maximum atomic E-state index is 11.9. The standard InChI is InChI=1S/C12H13BrN6O/c1-8-12(13)9(2)19(16-8)7-11(20)15-10-3-5-18(17-10)6-4-14/h3,5H,6-7H2,1-2H3,(H,15,17,20). The Bertz CT molecular complexity index is 681. The van der Waals surface area contributed by atoms with Gasteiger partial charge in [0.25, 0.3) is 0 Å². The highest BCUT2D eigenvalue weighted by Crippen LogP contribution is 2.19. The molecule has 1 amide bonds. The fourth-order valence-corrected chi connectivity index (χ4v) is 2.02. The van der Waals surface area contributed by atoms with Gasteiger partial charge in [-0.15, -0.1) is 0 Å². The fourth-order valence-electron chi connectivity index (χ4n) is 1.74. The van der Waals surface area contributed by atoms with Crippen LogP contribution in [0.4, 0.5) is 5.82 Å². The van der Waals surface area contributed by atoms with Gasteiger partial charge in [-0.3, -0.25) is 14.2 Å². The summed E-state index contributed by atoms with van der Waals surface area (Å²) in [6.07, 6.45) is 1.64. The number of nitriles is 1. The third-order valence-corrected chi connectivity index (χ3v) is 3.88. The first kappa shape index (κ1) is 14.3. The van der Waals surface area contributed by atoms with Crippen LogP contribution >= 0.6 is 15.9 Å². The van der Waals surface area contributed by atoms with E-state index in [1.807, 2.05) is 19.9 Å². The van der Waals surface area contributed by atoms with Crippen molar-refractivity contribution in [1.29, 1.82) is 5.26 Å². The number of aromatic nitrogens is 4. The summed E-state index contributed by atoms with van der Waals surface area (Å²) in [6.45, 7) is 4.03. The van der Waals surface area contributed by atoms with Gasteiger partial charge in [-0.2, -0.15) is 15.5 Å². The molecule has 20 heavy (non-hydrogen) atoms. The van der Waals surface area contributed by atoms with E-state index in [-0.39, 0.29) is 19.0 Å². The molecule has 7 nitrogen and oxygen atoms in total. The highest BCUT2D eigenvalue weighted by molar-refractivity contribution is 9.10. The van der Waals surface area contributed by atoms with Gasteiger partial charge in [0.15, 0.2) is 5.82 Å². The Morgan fingerprint density at radius 3 is 2.85 bits per heavy atom. The van der Waals surface area contributed by atoms with Gasteiger partial charge in [0.2, 0.25) is 5.91 Å². The first-order chi connectivity index (χ1) is 9.51. The normalized spacial score (nSPS) is 10.3. The minimum atomic E-state index is -0.217. The Hall–Kier alpha value is -2.14. The minimum absolute atomic E-state index is 0.114. The molecular formula is C12H13BrN6O. The van der Waals surface area contributed by atoms with Crippen LogP contribution in [0, 0.1) is 25.2 Å². The number of aryl methyl sites for hydroxylation is 1. The third kappa shape index (κ3) is 3.05. The largest absolute Gasteiger partial charge is 0.308 e. The summed E-state index contributed by atoms with van der Waals surface area (Å²) in [6, 6.07) is 3.62. The molecule has 0 aromatic carbocycles. The quantitative estimate of drug-likeness (QED) is 0.918. The van der Waals surface area contributed by atoms with Crippen molar-refractivity contribution in [3.63, 3.8) is 0 Å². The predicted octanol–water partition coefficient (Wildman–Crippen LogP) is 1.62. The summed E-state index contributed by atoms with van der Waals surface area (Å²) < 4.78 is 3.99. The molecule has 0 atom stereocenters. The number of nitrogens with zero attached hydrogens (tertiary/aromatic N) is 5. The summed E-state index contributed by atoms with van der Waals surface area (Å²) in [5.41, 5.74) is 1.74. The second-order valence-corrected chi connectivity index (χ2v) is 5.04. The van der Waals surface area contributed by atoms with Crippen molar-refractivity contribution in [2.45, 2.75) is 26.9 Å². The average Bonchev–Trinajstić information content (AvgIpc) is 2.92. The van der Waals surface area contributed by atoms with E-state index in [0.717, 1.165) is 15.9 Å². The monoisotopic (exact) mass is 336 g/mol. The molecule has 2 rings (SSSR count). The first-order valence-electron chi connectivity index (χ1n) is 5.91. The van der Waals surface area contributed by atoms with Crippen molar-refractivity contribution in [2.24, 2.45) is 0 Å². The molecule has 0 saturated carbocycles. The van der Waals surface area contributed by atoms with E-state index < -0.39 is 0 Å². The van der Waals surface area contributed by atoms with Crippen molar-refractivity contribution >= 4 is 27.7 Å². The molecule has 104 valence electrons. The number of carbonyl (C=O) groups is 1. The highest BCUT2D eigenvalue weighted by Gasteiger charge is 2.12. The Morgan fingerprint density at radius 2 is 2.25 bits per heavy atom. The van der Waals surface area contributed by atoms with E-state index in [2.05, 4.69) is 31.4 Å². The average molecular weight is 337 g/mol. The number of amides is 1. The van der Waals surface area contributed by atoms with Crippen LogP contribution in [0.5, 0.6) is 0 Å². The van der Waals surface area contributed by atoms with E-state index in [1.165, 1.54) is 4.68 Å². The zero-order valence-electron chi connectivity index (χ0n) is 11.1. The maximum Gasteiger partial charge on any atom is 0.247 e. The number of halogens is 1. The summed E-state index contributed by atoms with van der Waals surface area (Å²) in [7, 11) is 0. The molecular weight excluding hydrogens is 324 g/mol. The smallest absolute Gasteiger partial charge is 0.247 e. The number of hydrogen-bond acceptors (Lipinski definition) is 4. The van der Waals surface area contributed by atoms with Crippen molar-refractivity contribution in [2.75, 3.05) is 5.32 Å². The lowest BCUT2D eigenvalue weighted by molar-refractivity contribution is -0.117. The topological polar surface area (TPSA) is 88.5 Å². The molecule has 2 heterocycles. The highest BCUT2D eigenvalue weighted by atomic mass is 79.9. The van der Waals surface area contributed by atoms with Crippen molar-refractivity contribution in [3.8, 4) is 6.07 Å². The lowest BCUT2D eigenvalue weighted by atomic mass is 10.4. The van der Waals surface area contributed by atoms with Crippen LogP contribution in [0.3, 0.4) is 0 Å². The molecule has 0 aliphatic heterocycles. The number of rotatable bonds is 4. The molecule has 0 spiro atoms. The Kier molecular flexibility index (Phi) is 4.20. The van der Waals surface area contributed by atoms with Gasteiger partial charge in [0, 0.05) is 12.3 Å². The van der Waals surface area contributed by atoms with E-state index in [0.29, 0.717) is 5.82 Å². The van der Waals surface area contributed by atoms with Gasteiger partial charge < -0.3 is 5.32 Å². The van der Waals surface area contributed by atoms with Gasteiger partial charge in [0.05, 0.1) is 21.9 Å². The van der Waals surface area contributed by atoms with Gasteiger partial charge in [-0.1, -0.05) is 0 Å². The minimum Gasteiger partial charge on any atom is -0.308 e. The molecule has 0 saturated heterocycles. The summed E-state index contributed by atoms with van der Waals surface area (Å²) in [5, 5.41) is 19.5. The summed E-state index contributed by atoms with van der Waals surface area (Å²) >= 11 is 3.42. The molecule has 0 unspecified atom stereocenters. The lowest BCUT2D eigenvalue weighted by Gasteiger charge is -2.04. The van der Waals surface area contributed by atoms with Gasteiger partial charge in [0.1, 0.15) is 13.1 Å². The Labute approximate surface area is 124 Å². The Morgan fingerprint density at radius 1 is 1.50 bits per heavy atom. The van der Waals surface area contributed by atoms with Crippen LogP contribution in [0.1, 0.15) is 11.4 Å². The second-order valence-electron chi connectivity index (χ2n) is 4.25. The van der Waals surface area contributed by atoms with Crippen LogP contribution in [0.25, 0.3) is 0 Å². The Balaban J connectivity index is 2.01. The fraction of sp³-hybridized carbons (Fsp3) is 0.333. The second kappa shape index (κ2) is 5.88. The van der Waals surface area contributed by atoms with Crippen molar-refractivity contribution < 1.29 is 4.79 Å². The summed E-state index contributed by atoms with van der Waals surface area (Å²) in [5.74, 6) is 0.205. The van der Waals surface area contributed by atoms with E-state index >= 15 is 0 Å². The molecule has 0 bridgehead atoms. The zero-order chi connectivity index (χ0) is 14.7. The van der Waals surface area contributed by atoms with E-state index in [4.69, 9.17) is 5.26 Å².